The molecule has 0 bridgehead atoms. The summed E-state index contributed by atoms with van der Waals surface area (Å²) in [6.07, 6.45) is 5.72. The van der Waals surface area contributed by atoms with Crippen molar-refractivity contribution < 1.29 is 19.1 Å². The number of thioether (sulfide) groups is 1. The zero-order valence-electron chi connectivity index (χ0n) is 15.1. The monoisotopic (exact) mass is 383 g/mol. The zero-order valence-corrected chi connectivity index (χ0v) is 16.0. The van der Waals surface area contributed by atoms with Crippen molar-refractivity contribution in [3.63, 3.8) is 0 Å². The minimum atomic E-state index is -0.250. The number of likely N-dealkylation sites (tertiary alicyclic amines) is 1. The normalized spacial score (nSPS) is 18.7. The Morgan fingerprint density at radius 2 is 2.00 bits per heavy atom. The molecule has 2 saturated heterocycles. The van der Waals surface area contributed by atoms with E-state index in [1.54, 1.807) is 6.26 Å². The number of urea groups is 1. The number of furan rings is 1. The molecule has 7 nitrogen and oxygen atoms in total. The van der Waals surface area contributed by atoms with Gasteiger partial charge in [-0.3, -0.25) is 9.69 Å². The molecule has 0 atom stereocenters. The first-order valence-corrected chi connectivity index (χ1v) is 10.3. The lowest BCUT2D eigenvalue weighted by Crippen LogP contribution is -2.51. The van der Waals surface area contributed by atoms with Gasteiger partial charge < -0.3 is 19.7 Å². The van der Waals surface area contributed by atoms with E-state index in [1.165, 1.54) is 24.6 Å². The number of hydrogen-bond acceptors (Lipinski definition) is 5. The first-order valence-electron chi connectivity index (χ1n) is 9.19. The van der Waals surface area contributed by atoms with E-state index in [2.05, 4.69) is 22.0 Å². The summed E-state index contributed by atoms with van der Waals surface area (Å²) in [6, 6.07) is 4.65. The molecule has 0 saturated carbocycles. The van der Waals surface area contributed by atoms with Crippen LogP contribution >= 0.6 is 11.8 Å². The summed E-state index contributed by atoms with van der Waals surface area (Å²) in [5.74, 6) is 3.51. The molecule has 3 rings (SSSR count). The number of nitrogens with one attached hydrogen (secondary N) is 1. The predicted octanol–water partition coefficient (Wildman–Crippen LogP) is 2.14. The van der Waals surface area contributed by atoms with Crippen LogP contribution in [0.2, 0.25) is 0 Å². The van der Waals surface area contributed by atoms with Gasteiger partial charge in [-0.1, -0.05) is 0 Å². The molecule has 0 spiro atoms. The second-order valence-electron chi connectivity index (χ2n) is 6.39. The lowest BCUT2D eigenvalue weighted by atomic mass is 10.0. The van der Waals surface area contributed by atoms with Crippen molar-refractivity contribution in [2.75, 3.05) is 44.2 Å². The number of carbonyl (C=O) groups is 2. The molecule has 2 amide bonds. The molecule has 26 heavy (non-hydrogen) atoms. The van der Waals surface area contributed by atoms with Gasteiger partial charge in [0.2, 0.25) is 0 Å². The van der Waals surface area contributed by atoms with Gasteiger partial charge in [0.1, 0.15) is 5.76 Å². The fourth-order valence-corrected chi connectivity index (χ4v) is 4.33. The SMILES string of the molecule is O=C(NCCCc1ccco1)N1CCC(N2CCSCC2)CC1.O=CO. The number of aryl methyl sites for hydroxylation is 1. The number of nitrogens with zero attached hydrogens (tertiary/aromatic N) is 2. The maximum atomic E-state index is 12.2. The van der Waals surface area contributed by atoms with E-state index in [0.717, 1.165) is 44.5 Å². The Hall–Kier alpha value is -1.67. The first-order chi connectivity index (χ1) is 12.7. The third-order valence-electron chi connectivity index (χ3n) is 4.77. The van der Waals surface area contributed by atoms with E-state index in [1.807, 2.05) is 17.0 Å². The molecule has 2 aliphatic rings. The van der Waals surface area contributed by atoms with E-state index in [0.29, 0.717) is 12.6 Å². The molecule has 1 aromatic rings. The summed E-state index contributed by atoms with van der Waals surface area (Å²) < 4.78 is 5.30. The standard InChI is InChI=1S/C17H27N3O2S.CH2O2/c21-17(18-7-1-3-16-4-2-12-22-16)20-8-5-15(6-9-20)19-10-13-23-14-11-19;2-1-3/h2,4,12,15H,1,3,5-11,13-14H2,(H,18,21);1H,(H,2,3). The van der Waals surface area contributed by atoms with Crippen molar-refractivity contribution in [1.82, 2.24) is 15.1 Å². The molecular weight excluding hydrogens is 354 g/mol. The summed E-state index contributed by atoms with van der Waals surface area (Å²) in [5, 5.41) is 9.93. The topological polar surface area (TPSA) is 86.0 Å². The van der Waals surface area contributed by atoms with E-state index >= 15 is 0 Å². The maximum Gasteiger partial charge on any atom is 0.317 e. The Bertz CT molecular complexity index is 513. The van der Waals surface area contributed by atoms with E-state index in [9.17, 15) is 4.79 Å². The van der Waals surface area contributed by atoms with Gasteiger partial charge in [-0.25, -0.2) is 4.79 Å². The lowest BCUT2D eigenvalue weighted by molar-refractivity contribution is -0.122. The predicted molar refractivity (Wildman–Crippen MR) is 103 cm³/mol. The quantitative estimate of drug-likeness (QED) is 0.598. The molecule has 8 heteroatoms. The average Bonchev–Trinajstić information content (AvgIpc) is 3.20. The largest absolute Gasteiger partial charge is 0.483 e. The van der Waals surface area contributed by atoms with Gasteiger partial charge in [-0.2, -0.15) is 11.8 Å². The molecule has 2 N–H and O–H groups in total. The molecular formula is C18H29N3O4S. The van der Waals surface area contributed by atoms with Gasteiger partial charge in [0.05, 0.1) is 6.26 Å². The third kappa shape index (κ3) is 6.92. The van der Waals surface area contributed by atoms with Crippen molar-refractivity contribution in [2.45, 2.75) is 31.7 Å². The smallest absolute Gasteiger partial charge is 0.317 e. The number of piperidine rings is 1. The summed E-state index contributed by atoms with van der Waals surface area (Å²) >= 11 is 2.06. The summed E-state index contributed by atoms with van der Waals surface area (Å²) in [7, 11) is 0. The Balaban J connectivity index is 0.000000758. The highest BCUT2D eigenvalue weighted by molar-refractivity contribution is 7.99. The zero-order chi connectivity index (χ0) is 18.6. The Morgan fingerprint density at radius 1 is 1.31 bits per heavy atom. The van der Waals surface area contributed by atoms with Crippen molar-refractivity contribution >= 4 is 24.3 Å². The minimum Gasteiger partial charge on any atom is -0.483 e. The van der Waals surface area contributed by atoms with Gasteiger partial charge in [0, 0.05) is 56.7 Å². The molecule has 0 unspecified atom stereocenters. The molecule has 3 heterocycles. The Morgan fingerprint density at radius 3 is 2.62 bits per heavy atom. The van der Waals surface area contributed by atoms with Crippen LogP contribution in [0.1, 0.15) is 25.0 Å². The maximum absolute atomic E-state index is 12.2. The highest BCUT2D eigenvalue weighted by Crippen LogP contribution is 2.20. The van der Waals surface area contributed by atoms with E-state index < -0.39 is 0 Å². The van der Waals surface area contributed by atoms with E-state index in [-0.39, 0.29) is 12.5 Å². The Labute approximate surface area is 159 Å². The van der Waals surface area contributed by atoms with Gasteiger partial charge >= 0.3 is 6.03 Å². The number of carboxylic acid groups (broad SMARTS) is 1. The van der Waals surface area contributed by atoms with Crippen molar-refractivity contribution in [3.05, 3.63) is 24.2 Å². The molecule has 2 fully saturated rings. The fraction of sp³-hybridized carbons (Fsp3) is 0.667. The molecule has 0 radical (unpaired) electrons. The van der Waals surface area contributed by atoms with Crippen LogP contribution in [0.3, 0.4) is 0 Å². The lowest BCUT2D eigenvalue weighted by Gasteiger charge is -2.40. The van der Waals surface area contributed by atoms with Gasteiger partial charge in [-0.05, 0) is 31.4 Å². The minimum absolute atomic E-state index is 0.0945. The highest BCUT2D eigenvalue weighted by Gasteiger charge is 2.27. The summed E-state index contributed by atoms with van der Waals surface area (Å²) in [6.45, 7) is 4.67. The van der Waals surface area contributed by atoms with Crippen LogP contribution in [0.5, 0.6) is 0 Å². The van der Waals surface area contributed by atoms with Crippen LogP contribution < -0.4 is 5.32 Å². The summed E-state index contributed by atoms with van der Waals surface area (Å²) in [5.41, 5.74) is 0. The van der Waals surface area contributed by atoms with Crippen LogP contribution in [-0.2, 0) is 11.2 Å². The summed E-state index contributed by atoms with van der Waals surface area (Å²) in [4.78, 5) is 25.2. The van der Waals surface area contributed by atoms with Gasteiger partial charge in [0.25, 0.3) is 6.47 Å². The third-order valence-corrected chi connectivity index (χ3v) is 5.71. The number of rotatable bonds is 5. The van der Waals surface area contributed by atoms with Gasteiger partial charge in [-0.15, -0.1) is 0 Å². The first kappa shape index (κ1) is 20.6. The second kappa shape index (κ2) is 11.9. The van der Waals surface area contributed by atoms with Crippen LogP contribution in [0.15, 0.2) is 22.8 Å². The molecule has 0 aromatic carbocycles. The second-order valence-corrected chi connectivity index (χ2v) is 7.61. The molecule has 146 valence electrons. The highest BCUT2D eigenvalue weighted by atomic mass is 32.2. The van der Waals surface area contributed by atoms with Crippen LogP contribution in [0.4, 0.5) is 4.79 Å². The number of hydrogen-bond donors (Lipinski definition) is 2. The van der Waals surface area contributed by atoms with Crippen molar-refractivity contribution in [1.29, 1.82) is 0 Å². The number of carbonyl (C=O) groups excluding carboxylic acids is 1. The van der Waals surface area contributed by atoms with Gasteiger partial charge in [0.15, 0.2) is 0 Å². The number of amides is 2. The Kier molecular flexibility index (Phi) is 9.41. The van der Waals surface area contributed by atoms with Crippen LogP contribution in [0, 0.1) is 0 Å². The fourth-order valence-electron chi connectivity index (χ4n) is 3.40. The average molecular weight is 384 g/mol. The molecule has 2 aliphatic heterocycles. The molecule has 1 aromatic heterocycles. The molecule has 0 aliphatic carbocycles. The van der Waals surface area contributed by atoms with Crippen LogP contribution in [0.25, 0.3) is 0 Å². The van der Waals surface area contributed by atoms with Crippen molar-refractivity contribution in [2.24, 2.45) is 0 Å². The van der Waals surface area contributed by atoms with Crippen molar-refractivity contribution in [3.8, 4) is 0 Å². The van der Waals surface area contributed by atoms with E-state index in [4.69, 9.17) is 14.3 Å². The van der Waals surface area contributed by atoms with Crippen LogP contribution in [-0.4, -0.2) is 77.7 Å².